The van der Waals surface area contributed by atoms with Gasteiger partial charge in [0.15, 0.2) is 11.3 Å². The van der Waals surface area contributed by atoms with Gasteiger partial charge in [-0.05, 0) is 67.5 Å². The van der Waals surface area contributed by atoms with Crippen LogP contribution >= 0.6 is 0 Å². The molecule has 2 aliphatic rings. The van der Waals surface area contributed by atoms with E-state index >= 15 is 0 Å². The summed E-state index contributed by atoms with van der Waals surface area (Å²) in [4.78, 5) is 15.4. The van der Waals surface area contributed by atoms with Crippen molar-refractivity contribution < 1.29 is 40.6 Å². The number of rotatable bonds is 10. The van der Waals surface area contributed by atoms with E-state index in [1.54, 1.807) is 12.1 Å². The SMILES string of the molecule is O=C(Nc1ccc(S(=O)(=O)NCCO)cc1N1CCC2(CC1)CC2)c1cc(OCCC(F)(F)F)c2occc2c1. The Morgan fingerprint density at radius 3 is 2.52 bits per heavy atom. The molecule has 3 aromatic rings. The summed E-state index contributed by atoms with van der Waals surface area (Å²) in [5.74, 6) is -0.533. The Labute approximate surface area is 229 Å². The number of nitrogens with zero attached hydrogens (tertiary/aromatic N) is 1. The lowest BCUT2D eigenvalue weighted by Crippen LogP contribution is -2.35. The molecule has 1 saturated heterocycles. The zero-order valence-electron chi connectivity index (χ0n) is 21.6. The molecular weight excluding hydrogens is 551 g/mol. The van der Waals surface area contributed by atoms with Gasteiger partial charge in [-0.25, -0.2) is 13.1 Å². The van der Waals surface area contributed by atoms with Crippen molar-refractivity contribution in [3.8, 4) is 5.75 Å². The molecule has 1 saturated carbocycles. The summed E-state index contributed by atoms with van der Waals surface area (Å²) in [7, 11) is -3.89. The molecule has 3 N–H and O–H groups in total. The molecule has 1 aliphatic heterocycles. The summed E-state index contributed by atoms with van der Waals surface area (Å²) in [5, 5.41) is 12.4. The van der Waals surface area contributed by atoms with Crippen molar-refractivity contribution in [1.82, 2.24) is 4.72 Å². The first-order valence-electron chi connectivity index (χ1n) is 13.0. The fourth-order valence-corrected chi connectivity index (χ4v) is 6.01. The van der Waals surface area contributed by atoms with E-state index in [2.05, 4.69) is 14.9 Å². The second kappa shape index (κ2) is 10.9. The maximum Gasteiger partial charge on any atom is 0.392 e. The number of sulfonamides is 1. The molecule has 2 fully saturated rings. The number of hydrogen-bond acceptors (Lipinski definition) is 7. The molecule has 0 unspecified atom stereocenters. The van der Waals surface area contributed by atoms with Gasteiger partial charge in [0.25, 0.3) is 5.91 Å². The summed E-state index contributed by atoms with van der Waals surface area (Å²) < 4.78 is 76.5. The van der Waals surface area contributed by atoms with Crippen LogP contribution in [0.3, 0.4) is 0 Å². The van der Waals surface area contributed by atoms with E-state index in [-0.39, 0.29) is 34.9 Å². The molecule has 2 heterocycles. The highest BCUT2D eigenvalue weighted by Gasteiger charge is 2.44. The number of carbonyl (C=O) groups excluding carboxylic acids is 1. The predicted molar refractivity (Wildman–Crippen MR) is 142 cm³/mol. The van der Waals surface area contributed by atoms with Gasteiger partial charge in [-0.2, -0.15) is 13.2 Å². The monoisotopic (exact) mass is 581 g/mol. The van der Waals surface area contributed by atoms with Crippen LogP contribution in [-0.2, 0) is 10.0 Å². The van der Waals surface area contributed by atoms with Gasteiger partial charge in [0.2, 0.25) is 10.0 Å². The average molecular weight is 582 g/mol. The fourth-order valence-electron chi connectivity index (χ4n) is 4.97. The topological polar surface area (TPSA) is 121 Å². The highest BCUT2D eigenvalue weighted by Crippen LogP contribution is 2.54. The third-order valence-electron chi connectivity index (χ3n) is 7.48. The number of ether oxygens (including phenoxy) is 1. The molecule has 5 rings (SSSR count). The second-order valence-electron chi connectivity index (χ2n) is 10.3. The maximum absolute atomic E-state index is 13.4. The average Bonchev–Trinajstić information content (AvgIpc) is 3.48. The molecule has 1 aromatic heterocycles. The van der Waals surface area contributed by atoms with E-state index in [1.807, 2.05) is 0 Å². The van der Waals surface area contributed by atoms with Crippen LogP contribution in [0.25, 0.3) is 11.0 Å². The minimum absolute atomic E-state index is 0.000764. The van der Waals surface area contributed by atoms with Crippen LogP contribution in [0.15, 0.2) is 52.0 Å². The molecular formula is C27H30F3N3O6S. The zero-order chi connectivity index (χ0) is 28.5. The molecule has 9 nitrogen and oxygen atoms in total. The van der Waals surface area contributed by atoms with E-state index in [1.165, 1.54) is 43.4 Å². The van der Waals surface area contributed by atoms with E-state index in [4.69, 9.17) is 14.3 Å². The Morgan fingerprint density at radius 1 is 1.10 bits per heavy atom. The number of halogens is 3. The second-order valence-corrected chi connectivity index (χ2v) is 12.0. The lowest BCUT2D eigenvalue weighted by atomic mass is 9.93. The molecule has 0 bridgehead atoms. The molecule has 1 amide bonds. The highest BCUT2D eigenvalue weighted by molar-refractivity contribution is 7.89. The smallest absolute Gasteiger partial charge is 0.392 e. The Morgan fingerprint density at radius 2 is 1.85 bits per heavy atom. The lowest BCUT2D eigenvalue weighted by molar-refractivity contribution is -0.139. The number of nitrogens with one attached hydrogen (secondary N) is 2. The summed E-state index contributed by atoms with van der Waals surface area (Å²) in [5.41, 5.74) is 1.67. The Bertz CT molecular complexity index is 1490. The Balaban J connectivity index is 1.42. The van der Waals surface area contributed by atoms with Crippen molar-refractivity contribution in [2.75, 3.05) is 43.1 Å². The van der Waals surface area contributed by atoms with Gasteiger partial charge >= 0.3 is 6.18 Å². The number of carbonyl (C=O) groups is 1. The van der Waals surface area contributed by atoms with Gasteiger partial charge in [-0.1, -0.05) is 0 Å². The van der Waals surface area contributed by atoms with Gasteiger partial charge in [-0.3, -0.25) is 4.79 Å². The number of fused-ring (bicyclic) bond motifs is 1. The summed E-state index contributed by atoms with van der Waals surface area (Å²) in [6, 6.07) is 8.84. The van der Waals surface area contributed by atoms with Gasteiger partial charge in [0.1, 0.15) is 0 Å². The third kappa shape index (κ3) is 6.37. The largest absolute Gasteiger partial charge is 0.489 e. The first-order valence-corrected chi connectivity index (χ1v) is 14.5. The number of anilines is 2. The van der Waals surface area contributed by atoms with Crippen LogP contribution in [-0.4, -0.2) is 58.5 Å². The number of benzene rings is 2. The van der Waals surface area contributed by atoms with Crippen LogP contribution in [0.1, 0.15) is 42.5 Å². The first kappa shape index (κ1) is 28.2. The minimum atomic E-state index is -4.39. The normalized spacial score (nSPS) is 16.9. The molecule has 1 spiro atoms. The Hall–Kier alpha value is -3.29. The molecule has 1 aliphatic carbocycles. The summed E-state index contributed by atoms with van der Waals surface area (Å²) >= 11 is 0. The zero-order valence-corrected chi connectivity index (χ0v) is 22.4. The van der Waals surface area contributed by atoms with Crippen molar-refractivity contribution in [3.05, 3.63) is 48.2 Å². The number of alkyl halides is 3. The van der Waals surface area contributed by atoms with Gasteiger partial charge in [-0.15, -0.1) is 0 Å². The quantitative estimate of drug-likeness (QED) is 0.318. The lowest BCUT2D eigenvalue weighted by Gasteiger charge is -2.35. The van der Waals surface area contributed by atoms with Crippen LogP contribution < -0.4 is 19.7 Å². The van der Waals surface area contributed by atoms with Gasteiger partial charge in [0, 0.05) is 30.6 Å². The minimum Gasteiger partial charge on any atom is -0.489 e. The van der Waals surface area contributed by atoms with E-state index in [0.717, 1.165) is 12.8 Å². The fraction of sp³-hybridized carbons (Fsp3) is 0.444. The molecule has 40 heavy (non-hydrogen) atoms. The maximum atomic E-state index is 13.4. The molecule has 13 heteroatoms. The Kier molecular flexibility index (Phi) is 7.73. The first-order chi connectivity index (χ1) is 19.0. The number of furan rings is 1. The summed E-state index contributed by atoms with van der Waals surface area (Å²) in [6.45, 7) is 0.290. The highest BCUT2D eigenvalue weighted by atomic mass is 32.2. The van der Waals surface area contributed by atoms with Crippen LogP contribution in [0.4, 0.5) is 24.5 Å². The molecule has 216 valence electrons. The number of piperidine rings is 1. The van der Waals surface area contributed by atoms with Crippen molar-refractivity contribution in [1.29, 1.82) is 0 Å². The van der Waals surface area contributed by atoms with Crippen molar-refractivity contribution in [2.24, 2.45) is 5.41 Å². The van der Waals surface area contributed by atoms with E-state index in [9.17, 15) is 26.4 Å². The number of aliphatic hydroxyl groups excluding tert-OH is 1. The van der Waals surface area contributed by atoms with Crippen LogP contribution in [0, 0.1) is 5.41 Å². The van der Waals surface area contributed by atoms with Gasteiger partial charge in [0.05, 0.1) is 42.2 Å². The van der Waals surface area contributed by atoms with Crippen LogP contribution in [0.2, 0.25) is 0 Å². The van der Waals surface area contributed by atoms with E-state index in [0.29, 0.717) is 35.3 Å². The molecule has 0 radical (unpaired) electrons. The van der Waals surface area contributed by atoms with Crippen molar-refractivity contribution in [3.63, 3.8) is 0 Å². The number of hydrogen-bond donors (Lipinski definition) is 3. The standard InChI is InChI=1S/C27H30F3N3O6S/c28-27(29,30)8-14-38-23-16-19(15-18-3-13-39-24(18)23)25(35)32-21-2-1-20(40(36,37)31-9-12-34)17-22(21)33-10-6-26(4-5-26)7-11-33/h1-3,13,15-17,31,34H,4-12,14H2,(H,32,35). The van der Waals surface area contributed by atoms with Crippen LogP contribution in [0.5, 0.6) is 5.75 Å². The number of aliphatic hydroxyl groups is 1. The summed E-state index contributed by atoms with van der Waals surface area (Å²) in [6.07, 6.45) is 0.116. The van der Waals surface area contributed by atoms with E-state index < -0.39 is 35.1 Å². The predicted octanol–water partition coefficient (Wildman–Crippen LogP) is 4.67. The molecule has 0 atom stereocenters. The van der Waals surface area contributed by atoms with Crippen molar-refractivity contribution >= 4 is 38.3 Å². The number of amides is 1. The molecule has 2 aromatic carbocycles. The van der Waals surface area contributed by atoms with Gasteiger partial charge < -0.3 is 24.5 Å². The van der Waals surface area contributed by atoms with Crippen molar-refractivity contribution in [2.45, 2.75) is 43.2 Å². The third-order valence-corrected chi connectivity index (χ3v) is 8.93.